The highest BCUT2D eigenvalue weighted by molar-refractivity contribution is 7.15. The van der Waals surface area contributed by atoms with Crippen LogP contribution in [0.5, 0.6) is 0 Å². The minimum atomic E-state index is -1.25. The van der Waals surface area contributed by atoms with E-state index >= 15 is 0 Å². The van der Waals surface area contributed by atoms with Gasteiger partial charge < -0.3 is 9.94 Å². The Labute approximate surface area is 110 Å². The average molecular weight is 280 g/mol. The number of carboxylic acids is 1. The highest BCUT2D eigenvalue weighted by Gasteiger charge is 2.22. The number of carbonyl (C=O) groups is 1. The standard InChI is InChI=1S/C11H8N2O5S/c1-18-12-9(11(14)15)10-6-3-2-4-8(13(16)17)7(6)5-19-10/h2-5H,1H3,(H,14,15)/b12-9+. The molecule has 0 fully saturated rings. The number of nitro benzene ring substituents is 1. The van der Waals surface area contributed by atoms with Crippen LogP contribution < -0.4 is 0 Å². The molecule has 0 aliphatic heterocycles. The Morgan fingerprint density at radius 3 is 2.79 bits per heavy atom. The average Bonchev–Trinajstić information content (AvgIpc) is 2.78. The van der Waals surface area contributed by atoms with E-state index in [1.165, 1.54) is 24.6 Å². The zero-order valence-electron chi connectivity index (χ0n) is 9.69. The summed E-state index contributed by atoms with van der Waals surface area (Å²) >= 11 is 1.07. The fourth-order valence-corrected chi connectivity index (χ4v) is 2.69. The Morgan fingerprint density at radius 1 is 1.47 bits per heavy atom. The summed E-state index contributed by atoms with van der Waals surface area (Å²) < 4.78 is 0. The highest BCUT2D eigenvalue weighted by atomic mass is 32.1. The molecule has 1 N–H and O–H groups in total. The molecule has 1 aromatic heterocycles. The summed E-state index contributed by atoms with van der Waals surface area (Å²) in [5.74, 6) is -1.25. The number of fused-ring (bicyclic) bond motifs is 1. The van der Waals surface area contributed by atoms with Gasteiger partial charge in [-0.15, -0.1) is 11.3 Å². The van der Waals surface area contributed by atoms with Crippen molar-refractivity contribution in [3.63, 3.8) is 0 Å². The van der Waals surface area contributed by atoms with Crippen LogP contribution in [0.3, 0.4) is 0 Å². The van der Waals surface area contributed by atoms with Gasteiger partial charge >= 0.3 is 5.97 Å². The van der Waals surface area contributed by atoms with E-state index < -0.39 is 10.9 Å². The van der Waals surface area contributed by atoms with E-state index in [9.17, 15) is 14.9 Å². The van der Waals surface area contributed by atoms with Gasteiger partial charge in [0.2, 0.25) is 5.71 Å². The molecule has 2 rings (SSSR count). The third kappa shape index (κ3) is 2.25. The number of carboxylic acid groups (broad SMARTS) is 1. The molecule has 2 aromatic rings. The topological polar surface area (TPSA) is 102 Å². The molecule has 0 bridgehead atoms. The van der Waals surface area contributed by atoms with Crippen LogP contribution in [0.15, 0.2) is 28.7 Å². The van der Waals surface area contributed by atoms with Crippen molar-refractivity contribution in [2.75, 3.05) is 7.11 Å². The number of non-ortho nitro benzene ring substituents is 1. The Balaban J connectivity index is 2.70. The minimum absolute atomic E-state index is 0.0674. The Kier molecular flexibility index (Phi) is 3.43. The lowest BCUT2D eigenvalue weighted by atomic mass is 10.1. The molecule has 7 nitrogen and oxygen atoms in total. The quantitative estimate of drug-likeness (QED) is 0.525. The minimum Gasteiger partial charge on any atom is -0.476 e. The van der Waals surface area contributed by atoms with Crippen molar-refractivity contribution in [2.45, 2.75) is 0 Å². The monoisotopic (exact) mass is 280 g/mol. The molecule has 8 heteroatoms. The number of nitro groups is 1. The molecular formula is C11H8N2O5S. The Bertz CT molecular complexity index is 691. The number of rotatable bonds is 4. The number of benzene rings is 1. The second-order valence-electron chi connectivity index (χ2n) is 3.49. The molecule has 0 unspecified atom stereocenters. The summed E-state index contributed by atoms with van der Waals surface area (Å²) in [6.45, 7) is 0. The molecule has 0 atom stereocenters. The van der Waals surface area contributed by atoms with Gasteiger partial charge in [0.15, 0.2) is 0 Å². The van der Waals surface area contributed by atoms with Crippen molar-refractivity contribution >= 4 is 39.5 Å². The molecule has 1 aromatic carbocycles. The van der Waals surface area contributed by atoms with Crippen molar-refractivity contribution in [3.05, 3.63) is 38.6 Å². The number of thiophene rings is 1. The molecule has 0 spiro atoms. The lowest BCUT2D eigenvalue weighted by Crippen LogP contribution is -2.13. The summed E-state index contributed by atoms with van der Waals surface area (Å²) in [4.78, 5) is 26.3. The van der Waals surface area contributed by atoms with E-state index in [1.54, 1.807) is 6.07 Å². The van der Waals surface area contributed by atoms with Gasteiger partial charge in [0.1, 0.15) is 7.11 Å². The number of nitrogens with zero attached hydrogens (tertiary/aromatic N) is 2. The molecule has 0 saturated heterocycles. The first kappa shape index (κ1) is 13.0. The second kappa shape index (κ2) is 5.02. The van der Waals surface area contributed by atoms with Crippen LogP contribution in [0.1, 0.15) is 4.88 Å². The fraction of sp³-hybridized carbons (Fsp3) is 0.0909. The summed E-state index contributed by atoms with van der Waals surface area (Å²) in [6.07, 6.45) is 0. The summed E-state index contributed by atoms with van der Waals surface area (Å²) in [5.41, 5.74) is -0.342. The van der Waals surface area contributed by atoms with Gasteiger partial charge in [0.05, 0.1) is 15.2 Å². The zero-order valence-corrected chi connectivity index (χ0v) is 10.5. The maximum Gasteiger partial charge on any atom is 0.359 e. The summed E-state index contributed by atoms with van der Waals surface area (Å²) in [5, 5.41) is 25.8. The van der Waals surface area contributed by atoms with Crippen LogP contribution in [0, 0.1) is 10.1 Å². The van der Waals surface area contributed by atoms with Crippen LogP contribution in [0.2, 0.25) is 0 Å². The molecule has 0 aliphatic rings. The van der Waals surface area contributed by atoms with Crippen LogP contribution in [0.4, 0.5) is 5.69 Å². The van der Waals surface area contributed by atoms with Crippen molar-refractivity contribution < 1.29 is 19.7 Å². The molecule has 0 radical (unpaired) electrons. The first-order chi connectivity index (χ1) is 9.06. The van der Waals surface area contributed by atoms with Crippen LogP contribution in [0.25, 0.3) is 10.8 Å². The molecule has 0 aliphatic carbocycles. The van der Waals surface area contributed by atoms with Gasteiger partial charge in [0.25, 0.3) is 5.69 Å². The van der Waals surface area contributed by atoms with Gasteiger partial charge in [-0.1, -0.05) is 17.3 Å². The number of aliphatic carboxylic acids is 1. The maximum atomic E-state index is 11.1. The van der Waals surface area contributed by atoms with Crippen molar-refractivity contribution in [2.24, 2.45) is 5.16 Å². The predicted molar refractivity (Wildman–Crippen MR) is 69.7 cm³/mol. The zero-order chi connectivity index (χ0) is 14.0. The lowest BCUT2D eigenvalue weighted by Gasteiger charge is -1.99. The van der Waals surface area contributed by atoms with E-state index in [4.69, 9.17) is 5.11 Å². The van der Waals surface area contributed by atoms with E-state index in [0.29, 0.717) is 15.6 Å². The molecule has 19 heavy (non-hydrogen) atoms. The Morgan fingerprint density at radius 2 is 2.21 bits per heavy atom. The smallest absolute Gasteiger partial charge is 0.359 e. The van der Waals surface area contributed by atoms with Gasteiger partial charge in [-0.25, -0.2) is 4.79 Å². The van der Waals surface area contributed by atoms with Crippen molar-refractivity contribution in [3.8, 4) is 0 Å². The molecule has 1 heterocycles. The number of hydrogen-bond donors (Lipinski definition) is 1. The predicted octanol–water partition coefficient (Wildman–Crippen LogP) is 2.24. The molecule has 98 valence electrons. The Hall–Kier alpha value is -2.48. The van der Waals surface area contributed by atoms with E-state index in [0.717, 1.165) is 11.3 Å². The third-order valence-corrected chi connectivity index (χ3v) is 3.42. The fourth-order valence-electron chi connectivity index (χ4n) is 1.67. The maximum absolute atomic E-state index is 11.1. The first-order valence-corrected chi connectivity index (χ1v) is 5.93. The normalized spacial score (nSPS) is 11.5. The van der Waals surface area contributed by atoms with Crippen molar-refractivity contribution in [1.82, 2.24) is 0 Å². The number of hydrogen-bond acceptors (Lipinski definition) is 6. The largest absolute Gasteiger partial charge is 0.476 e. The number of oxime groups is 1. The highest BCUT2D eigenvalue weighted by Crippen LogP contribution is 2.33. The first-order valence-electron chi connectivity index (χ1n) is 5.05. The van der Waals surface area contributed by atoms with Crippen LogP contribution >= 0.6 is 11.3 Å². The third-order valence-electron chi connectivity index (χ3n) is 2.42. The summed E-state index contributed by atoms with van der Waals surface area (Å²) in [7, 11) is 1.24. The summed E-state index contributed by atoms with van der Waals surface area (Å²) in [6, 6.07) is 4.48. The SMILES string of the molecule is CO/N=C(/C(=O)O)c1scc2c([N+](=O)[O-])cccc12. The van der Waals surface area contributed by atoms with Crippen LogP contribution in [-0.2, 0) is 9.63 Å². The van der Waals surface area contributed by atoms with E-state index in [1.807, 2.05) is 0 Å². The van der Waals surface area contributed by atoms with Gasteiger partial charge in [-0.05, 0) is 0 Å². The van der Waals surface area contributed by atoms with Gasteiger partial charge in [-0.2, -0.15) is 0 Å². The van der Waals surface area contributed by atoms with Crippen LogP contribution in [-0.4, -0.2) is 28.8 Å². The van der Waals surface area contributed by atoms with Crippen molar-refractivity contribution in [1.29, 1.82) is 0 Å². The molecule has 0 amide bonds. The van der Waals surface area contributed by atoms with E-state index in [-0.39, 0.29) is 11.4 Å². The van der Waals surface area contributed by atoms with Gasteiger partial charge in [0, 0.05) is 16.8 Å². The van der Waals surface area contributed by atoms with Gasteiger partial charge in [-0.3, -0.25) is 10.1 Å². The lowest BCUT2D eigenvalue weighted by molar-refractivity contribution is -0.383. The molecular weight excluding hydrogens is 272 g/mol. The second-order valence-corrected chi connectivity index (χ2v) is 4.37. The van der Waals surface area contributed by atoms with E-state index in [2.05, 4.69) is 9.99 Å². The molecule has 0 saturated carbocycles.